The Labute approximate surface area is 230 Å². The van der Waals surface area contributed by atoms with E-state index in [9.17, 15) is 0 Å². The van der Waals surface area contributed by atoms with Crippen LogP contribution in [0.4, 0.5) is 0 Å². The molecular formula is C35H32S2. The van der Waals surface area contributed by atoms with Crippen LogP contribution in [0.25, 0.3) is 0 Å². The molecule has 0 aliphatic heterocycles. The summed E-state index contributed by atoms with van der Waals surface area (Å²) in [5.74, 6) is 0.820. The molecule has 5 rings (SSSR count). The van der Waals surface area contributed by atoms with Crippen LogP contribution in [0, 0.1) is 5.92 Å². The second-order valence-corrected chi connectivity index (χ2v) is 12.0. The molecule has 0 bridgehead atoms. The smallest absolute Gasteiger partial charge is 0.0340 e. The highest BCUT2D eigenvalue weighted by Gasteiger charge is 2.18. The molecular weight excluding hydrogens is 485 g/mol. The molecule has 0 fully saturated rings. The maximum Gasteiger partial charge on any atom is 0.0340 e. The van der Waals surface area contributed by atoms with Gasteiger partial charge in [-0.2, -0.15) is 0 Å². The second-order valence-electron chi connectivity index (χ2n) is 9.75. The van der Waals surface area contributed by atoms with Crippen LogP contribution in [-0.4, -0.2) is 0 Å². The van der Waals surface area contributed by atoms with Gasteiger partial charge in [0.2, 0.25) is 0 Å². The Kier molecular flexibility index (Phi) is 8.50. The van der Waals surface area contributed by atoms with Gasteiger partial charge in [0.05, 0.1) is 0 Å². The van der Waals surface area contributed by atoms with Crippen molar-refractivity contribution in [2.45, 2.75) is 45.8 Å². The second kappa shape index (κ2) is 12.4. The van der Waals surface area contributed by atoms with Gasteiger partial charge in [-0.1, -0.05) is 122 Å². The van der Waals surface area contributed by atoms with Gasteiger partial charge in [-0.25, -0.2) is 0 Å². The molecule has 0 aliphatic rings. The lowest BCUT2D eigenvalue weighted by Crippen LogP contribution is -2.04. The third-order valence-electron chi connectivity index (χ3n) is 6.30. The normalized spacial score (nSPS) is 11.2. The van der Waals surface area contributed by atoms with Crippen molar-refractivity contribution in [2.75, 3.05) is 0 Å². The average Bonchev–Trinajstić information content (AvgIpc) is 2.91. The zero-order valence-corrected chi connectivity index (χ0v) is 23.0. The van der Waals surface area contributed by atoms with Crippen molar-refractivity contribution in [3.05, 3.63) is 156 Å². The SMILES string of the molecule is CC(C)Cc1ccc(C(c2cccc(Sc3ccccc3)c2)c2cccc(Sc3ccccc3)c2)cc1. The minimum absolute atomic E-state index is 0.167. The van der Waals surface area contributed by atoms with E-state index in [1.165, 1.54) is 41.8 Å². The number of benzene rings is 5. The lowest BCUT2D eigenvalue weighted by molar-refractivity contribution is 0.647. The first-order valence-electron chi connectivity index (χ1n) is 12.9. The molecule has 0 amide bonds. The fourth-order valence-electron chi connectivity index (χ4n) is 4.66. The lowest BCUT2D eigenvalue weighted by atomic mass is 9.84. The van der Waals surface area contributed by atoms with Gasteiger partial charge in [0, 0.05) is 25.5 Å². The molecule has 2 heteroatoms. The highest BCUT2D eigenvalue weighted by molar-refractivity contribution is 7.99. The van der Waals surface area contributed by atoms with E-state index in [4.69, 9.17) is 0 Å². The predicted molar refractivity (Wildman–Crippen MR) is 160 cm³/mol. The van der Waals surface area contributed by atoms with Crippen LogP contribution in [0.1, 0.15) is 42.0 Å². The van der Waals surface area contributed by atoms with Gasteiger partial charge in [0.15, 0.2) is 0 Å². The predicted octanol–water partition coefficient (Wildman–Crippen LogP) is 10.4. The Morgan fingerprint density at radius 3 is 1.38 bits per heavy atom. The van der Waals surface area contributed by atoms with E-state index in [0.29, 0.717) is 5.92 Å². The van der Waals surface area contributed by atoms with E-state index in [1.807, 2.05) is 23.5 Å². The molecule has 0 unspecified atom stereocenters. The zero-order valence-electron chi connectivity index (χ0n) is 21.4. The summed E-state index contributed by atoms with van der Waals surface area (Å²) in [6.45, 7) is 4.56. The van der Waals surface area contributed by atoms with E-state index >= 15 is 0 Å². The summed E-state index contributed by atoms with van der Waals surface area (Å²) in [5, 5.41) is 0. The summed E-state index contributed by atoms with van der Waals surface area (Å²) >= 11 is 3.64. The van der Waals surface area contributed by atoms with Gasteiger partial charge in [-0.3, -0.25) is 0 Å². The maximum atomic E-state index is 2.36. The van der Waals surface area contributed by atoms with E-state index in [2.05, 4.69) is 147 Å². The molecule has 5 aromatic rings. The lowest BCUT2D eigenvalue weighted by Gasteiger charge is -2.21. The zero-order chi connectivity index (χ0) is 25.5. The van der Waals surface area contributed by atoms with Crippen LogP contribution in [-0.2, 0) is 6.42 Å². The fourth-order valence-corrected chi connectivity index (χ4v) is 6.47. The number of hydrogen-bond acceptors (Lipinski definition) is 2. The van der Waals surface area contributed by atoms with E-state index in [0.717, 1.165) is 6.42 Å². The first-order chi connectivity index (χ1) is 18.1. The summed E-state index contributed by atoms with van der Waals surface area (Å²) in [7, 11) is 0. The van der Waals surface area contributed by atoms with E-state index in [-0.39, 0.29) is 5.92 Å². The Morgan fingerprint density at radius 1 is 0.459 bits per heavy atom. The molecule has 0 saturated heterocycles. The minimum atomic E-state index is 0.167. The Hall–Kier alpha value is -3.20. The molecule has 0 saturated carbocycles. The van der Waals surface area contributed by atoms with Crippen LogP contribution in [0.5, 0.6) is 0 Å². The topological polar surface area (TPSA) is 0 Å². The minimum Gasteiger partial charge on any atom is -0.0901 e. The molecule has 184 valence electrons. The van der Waals surface area contributed by atoms with Gasteiger partial charge >= 0.3 is 0 Å². The highest BCUT2D eigenvalue weighted by Crippen LogP contribution is 2.38. The highest BCUT2D eigenvalue weighted by atomic mass is 32.2. The van der Waals surface area contributed by atoms with Crippen molar-refractivity contribution in [3.63, 3.8) is 0 Å². The monoisotopic (exact) mass is 516 g/mol. The van der Waals surface area contributed by atoms with Gasteiger partial charge in [-0.05, 0) is 83.1 Å². The van der Waals surface area contributed by atoms with Crippen molar-refractivity contribution in [1.82, 2.24) is 0 Å². The molecule has 0 radical (unpaired) electrons. The first kappa shape index (κ1) is 25.4. The summed E-state index contributed by atoms with van der Waals surface area (Å²) in [5.41, 5.74) is 5.37. The van der Waals surface area contributed by atoms with Gasteiger partial charge in [0.1, 0.15) is 0 Å². The maximum absolute atomic E-state index is 2.36. The van der Waals surface area contributed by atoms with Crippen molar-refractivity contribution < 1.29 is 0 Å². The number of rotatable bonds is 9. The molecule has 0 spiro atoms. The third-order valence-corrected chi connectivity index (χ3v) is 8.29. The summed E-state index contributed by atoms with van der Waals surface area (Å²) < 4.78 is 0. The third kappa shape index (κ3) is 6.97. The van der Waals surface area contributed by atoms with Gasteiger partial charge < -0.3 is 0 Å². The molecule has 0 N–H and O–H groups in total. The standard InChI is InChI=1S/C35H32S2/c1-26(2)23-27-19-21-28(22-20-27)35(29-11-9-17-33(24-29)36-31-13-5-3-6-14-31)30-12-10-18-34(25-30)37-32-15-7-4-8-16-32/h3-22,24-26,35H,23H2,1-2H3. The quantitative estimate of drug-likeness (QED) is 0.179. The molecule has 37 heavy (non-hydrogen) atoms. The summed E-state index contributed by atoms with van der Waals surface area (Å²) in [6.07, 6.45) is 1.11. The van der Waals surface area contributed by atoms with Gasteiger partial charge in [0.25, 0.3) is 0 Å². The van der Waals surface area contributed by atoms with Crippen molar-refractivity contribution >= 4 is 23.5 Å². The van der Waals surface area contributed by atoms with Crippen LogP contribution < -0.4 is 0 Å². The van der Waals surface area contributed by atoms with E-state index in [1.54, 1.807) is 0 Å². The Bertz CT molecular complexity index is 1320. The van der Waals surface area contributed by atoms with E-state index < -0.39 is 0 Å². The molecule has 0 heterocycles. The Morgan fingerprint density at radius 2 is 0.919 bits per heavy atom. The van der Waals surface area contributed by atoms with Crippen molar-refractivity contribution in [1.29, 1.82) is 0 Å². The van der Waals surface area contributed by atoms with Crippen LogP contribution in [0.2, 0.25) is 0 Å². The van der Waals surface area contributed by atoms with Gasteiger partial charge in [-0.15, -0.1) is 0 Å². The van der Waals surface area contributed by atoms with Crippen LogP contribution in [0.15, 0.2) is 153 Å². The molecule has 5 aromatic carbocycles. The molecule has 0 nitrogen and oxygen atoms in total. The molecule has 0 aromatic heterocycles. The summed E-state index contributed by atoms with van der Waals surface area (Å²) in [6, 6.07) is 48.6. The van der Waals surface area contributed by atoms with Crippen LogP contribution in [0.3, 0.4) is 0 Å². The van der Waals surface area contributed by atoms with Crippen molar-refractivity contribution in [2.24, 2.45) is 5.92 Å². The average molecular weight is 517 g/mol. The molecule has 0 aliphatic carbocycles. The van der Waals surface area contributed by atoms with Crippen LogP contribution >= 0.6 is 23.5 Å². The first-order valence-corrected chi connectivity index (χ1v) is 14.5. The van der Waals surface area contributed by atoms with Crippen molar-refractivity contribution in [3.8, 4) is 0 Å². The largest absolute Gasteiger partial charge is 0.0901 e. The number of hydrogen-bond donors (Lipinski definition) is 0. The summed E-state index contributed by atoms with van der Waals surface area (Å²) in [4.78, 5) is 5.05. The molecule has 0 atom stereocenters. The fraction of sp³-hybridized carbons (Fsp3) is 0.143. The Balaban J connectivity index is 1.52.